The molecule has 0 aliphatic rings. The first-order valence-electron chi connectivity index (χ1n) is 9.63. The summed E-state index contributed by atoms with van der Waals surface area (Å²) >= 11 is 0. The van der Waals surface area contributed by atoms with Crippen molar-refractivity contribution in [1.29, 1.82) is 0 Å². The van der Waals surface area contributed by atoms with E-state index in [9.17, 15) is 9.90 Å². The van der Waals surface area contributed by atoms with E-state index in [4.69, 9.17) is 5.73 Å². The Morgan fingerprint density at radius 3 is 1.64 bits per heavy atom. The first kappa shape index (κ1) is 21.4. The van der Waals surface area contributed by atoms with Crippen molar-refractivity contribution >= 4 is 5.91 Å². The summed E-state index contributed by atoms with van der Waals surface area (Å²) in [5.74, 6) is -0.194. The summed E-state index contributed by atoms with van der Waals surface area (Å²) in [6, 6.07) is 0. The van der Waals surface area contributed by atoms with Gasteiger partial charge in [-0.1, -0.05) is 84.0 Å². The largest absolute Gasteiger partial charge is 0.393 e. The number of hydrogen-bond acceptors (Lipinski definition) is 2. The summed E-state index contributed by atoms with van der Waals surface area (Å²) in [5.41, 5.74) is 5.10. The van der Waals surface area contributed by atoms with E-state index < -0.39 is 0 Å². The standard InChI is InChI=1S/C19H39NO2/c1-2-3-4-5-6-7-9-12-15-18(21)16-13-10-8-11-14-17-19(20)22/h18,21H,2-17H2,1H3,(H2,20,22). The average Bonchev–Trinajstić information content (AvgIpc) is 2.48. The topological polar surface area (TPSA) is 63.3 Å². The second-order valence-corrected chi connectivity index (χ2v) is 6.69. The molecule has 0 rings (SSSR count). The normalized spacial score (nSPS) is 12.5. The van der Waals surface area contributed by atoms with Gasteiger partial charge < -0.3 is 10.8 Å². The van der Waals surface area contributed by atoms with Crippen LogP contribution in [0.5, 0.6) is 0 Å². The molecule has 0 aromatic rings. The summed E-state index contributed by atoms with van der Waals surface area (Å²) in [6.45, 7) is 2.25. The van der Waals surface area contributed by atoms with Crippen LogP contribution in [0.1, 0.15) is 110 Å². The third-order valence-electron chi connectivity index (χ3n) is 4.35. The summed E-state index contributed by atoms with van der Waals surface area (Å²) in [6.07, 6.45) is 18.3. The van der Waals surface area contributed by atoms with Crippen LogP contribution in [-0.2, 0) is 4.79 Å². The van der Waals surface area contributed by atoms with E-state index in [1.165, 1.54) is 51.4 Å². The number of rotatable bonds is 17. The Morgan fingerprint density at radius 2 is 1.18 bits per heavy atom. The molecule has 0 saturated carbocycles. The zero-order chi connectivity index (χ0) is 16.5. The first-order valence-corrected chi connectivity index (χ1v) is 9.63. The minimum absolute atomic E-state index is 0.106. The van der Waals surface area contributed by atoms with Crippen LogP contribution in [0.3, 0.4) is 0 Å². The minimum Gasteiger partial charge on any atom is -0.393 e. The second-order valence-electron chi connectivity index (χ2n) is 6.69. The summed E-state index contributed by atoms with van der Waals surface area (Å²) in [5, 5.41) is 9.94. The van der Waals surface area contributed by atoms with Gasteiger partial charge in [-0.2, -0.15) is 0 Å². The molecule has 0 radical (unpaired) electrons. The molecule has 3 heteroatoms. The fourth-order valence-electron chi connectivity index (χ4n) is 2.87. The predicted octanol–water partition coefficient (Wildman–Crippen LogP) is 5.09. The Balaban J connectivity index is 3.16. The van der Waals surface area contributed by atoms with Crippen LogP contribution in [0.2, 0.25) is 0 Å². The van der Waals surface area contributed by atoms with Crippen molar-refractivity contribution in [3.05, 3.63) is 0 Å². The van der Waals surface area contributed by atoms with Gasteiger partial charge in [0.25, 0.3) is 0 Å². The molecule has 3 nitrogen and oxygen atoms in total. The molecule has 132 valence electrons. The summed E-state index contributed by atoms with van der Waals surface area (Å²) in [4.78, 5) is 10.6. The molecule has 0 saturated heterocycles. The Labute approximate surface area is 138 Å². The van der Waals surface area contributed by atoms with Crippen molar-refractivity contribution in [1.82, 2.24) is 0 Å². The molecule has 0 aromatic heterocycles. The number of unbranched alkanes of at least 4 members (excludes halogenated alkanes) is 11. The quantitative estimate of drug-likeness (QED) is 0.367. The highest BCUT2D eigenvalue weighted by atomic mass is 16.3. The SMILES string of the molecule is CCCCCCCCCCC(O)CCCCCCCC(N)=O. The maximum absolute atomic E-state index is 10.6. The van der Waals surface area contributed by atoms with Crippen molar-refractivity contribution in [2.24, 2.45) is 5.73 Å². The van der Waals surface area contributed by atoms with Gasteiger partial charge in [-0.3, -0.25) is 4.79 Å². The number of amides is 1. The van der Waals surface area contributed by atoms with Crippen LogP contribution in [0.15, 0.2) is 0 Å². The van der Waals surface area contributed by atoms with Gasteiger partial charge in [0.2, 0.25) is 5.91 Å². The Kier molecular flexibility index (Phi) is 16.4. The molecule has 0 bridgehead atoms. The van der Waals surface area contributed by atoms with Crippen molar-refractivity contribution in [3.8, 4) is 0 Å². The van der Waals surface area contributed by atoms with Crippen LogP contribution in [0.4, 0.5) is 0 Å². The molecule has 22 heavy (non-hydrogen) atoms. The van der Waals surface area contributed by atoms with Gasteiger partial charge in [-0.25, -0.2) is 0 Å². The van der Waals surface area contributed by atoms with Crippen LogP contribution >= 0.6 is 0 Å². The van der Waals surface area contributed by atoms with Crippen LogP contribution in [-0.4, -0.2) is 17.1 Å². The monoisotopic (exact) mass is 313 g/mol. The average molecular weight is 314 g/mol. The number of aliphatic hydroxyl groups excluding tert-OH is 1. The molecule has 1 unspecified atom stereocenters. The molecule has 0 aromatic carbocycles. The zero-order valence-corrected chi connectivity index (χ0v) is 14.8. The fraction of sp³-hybridized carbons (Fsp3) is 0.947. The van der Waals surface area contributed by atoms with Crippen molar-refractivity contribution in [2.45, 2.75) is 116 Å². The highest BCUT2D eigenvalue weighted by Crippen LogP contribution is 2.14. The van der Waals surface area contributed by atoms with Crippen molar-refractivity contribution in [2.75, 3.05) is 0 Å². The fourth-order valence-corrected chi connectivity index (χ4v) is 2.87. The molecular weight excluding hydrogens is 274 g/mol. The van der Waals surface area contributed by atoms with E-state index in [0.717, 1.165) is 44.9 Å². The highest BCUT2D eigenvalue weighted by Gasteiger charge is 2.03. The van der Waals surface area contributed by atoms with E-state index in [2.05, 4.69) is 6.92 Å². The predicted molar refractivity (Wildman–Crippen MR) is 94.7 cm³/mol. The minimum atomic E-state index is -0.194. The number of carbonyl (C=O) groups is 1. The van der Waals surface area contributed by atoms with Crippen LogP contribution in [0.25, 0.3) is 0 Å². The second kappa shape index (κ2) is 16.8. The van der Waals surface area contributed by atoms with E-state index in [1.54, 1.807) is 0 Å². The molecule has 3 N–H and O–H groups in total. The molecule has 0 aliphatic heterocycles. The molecule has 0 heterocycles. The van der Waals surface area contributed by atoms with Gasteiger partial charge in [-0.15, -0.1) is 0 Å². The van der Waals surface area contributed by atoms with E-state index in [0.29, 0.717) is 6.42 Å². The molecule has 0 fully saturated rings. The summed E-state index contributed by atoms with van der Waals surface area (Å²) in [7, 11) is 0. The van der Waals surface area contributed by atoms with Gasteiger partial charge in [0.05, 0.1) is 6.10 Å². The smallest absolute Gasteiger partial charge is 0.217 e. The van der Waals surface area contributed by atoms with Gasteiger partial charge >= 0.3 is 0 Å². The Morgan fingerprint density at radius 1 is 0.773 bits per heavy atom. The van der Waals surface area contributed by atoms with Crippen LogP contribution < -0.4 is 5.73 Å². The van der Waals surface area contributed by atoms with Crippen LogP contribution in [0, 0.1) is 0 Å². The molecule has 1 amide bonds. The Bertz CT molecular complexity index is 244. The molecular formula is C19H39NO2. The van der Waals surface area contributed by atoms with Gasteiger partial charge in [0.15, 0.2) is 0 Å². The van der Waals surface area contributed by atoms with Gasteiger partial charge in [-0.05, 0) is 19.3 Å². The number of hydrogen-bond donors (Lipinski definition) is 2. The third kappa shape index (κ3) is 17.5. The lowest BCUT2D eigenvalue weighted by Crippen LogP contribution is -2.09. The zero-order valence-electron chi connectivity index (χ0n) is 14.8. The van der Waals surface area contributed by atoms with E-state index in [-0.39, 0.29) is 12.0 Å². The Hall–Kier alpha value is -0.570. The number of carbonyl (C=O) groups excluding carboxylic acids is 1. The van der Waals surface area contributed by atoms with Crippen molar-refractivity contribution in [3.63, 3.8) is 0 Å². The van der Waals surface area contributed by atoms with Gasteiger partial charge in [0, 0.05) is 6.42 Å². The lowest BCUT2D eigenvalue weighted by atomic mass is 10.0. The molecule has 1 atom stereocenters. The first-order chi connectivity index (χ1) is 10.7. The van der Waals surface area contributed by atoms with E-state index in [1.807, 2.05) is 0 Å². The van der Waals surface area contributed by atoms with Gasteiger partial charge in [0.1, 0.15) is 0 Å². The number of aliphatic hydroxyl groups is 1. The summed E-state index contributed by atoms with van der Waals surface area (Å²) < 4.78 is 0. The third-order valence-corrected chi connectivity index (χ3v) is 4.35. The van der Waals surface area contributed by atoms with Crippen molar-refractivity contribution < 1.29 is 9.90 Å². The number of nitrogens with two attached hydrogens (primary N) is 1. The maximum atomic E-state index is 10.6. The number of primary amides is 1. The van der Waals surface area contributed by atoms with E-state index >= 15 is 0 Å². The highest BCUT2D eigenvalue weighted by molar-refractivity contribution is 5.73. The molecule has 0 aliphatic carbocycles. The maximum Gasteiger partial charge on any atom is 0.217 e. The molecule has 0 spiro atoms. The lowest BCUT2D eigenvalue weighted by molar-refractivity contribution is -0.118. The lowest BCUT2D eigenvalue weighted by Gasteiger charge is -2.10.